The van der Waals surface area contributed by atoms with Crippen molar-refractivity contribution < 1.29 is 9.59 Å². The third-order valence-electron chi connectivity index (χ3n) is 4.08. The van der Waals surface area contributed by atoms with Crippen molar-refractivity contribution in [2.24, 2.45) is 11.7 Å². The Morgan fingerprint density at radius 2 is 2.05 bits per heavy atom. The number of benzene rings is 1. The highest BCUT2D eigenvalue weighted by Gasteiger charge is 2.32. The minimum Gasteiger partial charge on any atom is -0.369 e. The SMILES string of the molecule is Cc1ccc(C)c(CC(=O)N[C@H]2CCC[C@H]2C(N)=O)c1. The van der Waals surface area contributed by atoms with Gasteiger partial charge in [-0.05, 0) is 37.8 Å². The number of carbonyl (C=O) groups excluding carboxylic acids is 2. The highest BCUT2D eigenvalue weighted by Crippen LogP contribution is 2.25. The van der Waals surface area contributed by atoms with E-state index in [0.29, 0.717) is 6.42 Å². The zero-order valence-corrected chi connectivity index (χ0v) is 12.1. The summed E-state index contributed by atoms with van der Waals surface area (Å²) < 4.78 is 0. The van der Waals surface area contributed by atoms with E-state index in [-0.39, 0.29) is 23.8 Å². The first-order chi connectivity index (χ1) is 9.47. The molecule has 3 N–H and O–H groups in total. The third kappa shape index (κ3) is 3.38. The number of nitrogens with one attached hydrogen (secondary N) is 1. The van der Waals surface area contributed by atoms with Crippen LogP contribution in [0.4, 0.5) is 0 Å². The summed E-state index contributed by atoms with van der Waals surface area (Å²) in [5.74, 6) is -0.547. The van der Waals surface area contributed by atoms with Crippen molar-refractivity contribution in [1.29, 1.82) is 0 Å². The molecule has 0 aromatic heterocycles. The average molecular weight is 274 g/mol. The molecule has 2 rings (SSSR count). The van der Waals surface area contributed by atoms with Gasteiger partial charge in [-0.1, -0.05) is 30.2 Å². The standard InChI is InChI=1S/C16H22N2O2/c1-10-6-7-11(2)12(8-10)9-15(19)18-14-5-3-4-13(14)16(17)20/h6-8,13-14H,3-5,9H2,1-2H3,(H2,17,20)(H,18,19)/t13-,14+/m1/s1. The van der Waals surface area contributed by atoms with E-state index >= 15 is 0 Å². The molecule has 4 heteroatoms. The largest absolute Gasteiger partial charge is 0.369 e. The van der Waals surface area contributed by atoms with Crippen LogP contribution in [0, 0.1) is 19.8 Å². The Morgan fingerprint density at radius 3 is 2.75 bits per heavy atom. The van der Waals surface area contributed by atoms with Gasteiger partial charge in [0.25, 0.3) is 0 Å². The Labute approximate surface area is 119 Å². The Bertz CT molecular complexity index is 525. The highest BCUT2D eigenvalue weighted by atomic mass is 16.2. The van der Waals surface area contributed by atoms with Crippen LogP contribution in [0.5, 0.6) is 0 Å². The van der Waals surface area contributed by atoms with E-state index in [2.05, 4.69) is 5.32 Å². The maximum atomic E-state index is 12.1. The summed E-state index contributed by atoms with van der Waals surface area (Å²) >= 11 is 0. The molecular weight excluding hydrogens is 252 g/mol. The van der Waals surface area contributed by atoms with Crippen molar-refractivity contribution in [3.8, 4) is 0 Å². The maximum absolute atomic E-state index is 12.1. The van der Waals surface area contributed by atoms with Crippen molar-refractivity contribution in [2.75, 3.05) is 0 Å². The smallest absolute Gasteiger partial charge is 0.224 e. The van der Waals surface area contributed by atoms with E-state index in [1.807, 2.05) is 32.0 Å². The molecule has 1 aromatic rings. The number of amides is 2. The Hall–Kier alpha value is -1.84. The summed E-state index contributed by atoms with van der Waals surface area (Å²) in [4.78, 5) is 23.5. The van der Waals surface area contributed by atoms with Gasteiger partial charge < -0.3 is 11.1 Å². The lowest BCUT2D eigenvalue weighted by molar-refractivity contribution is -0.124. The Balaban J connectivity index is 1.99. The second kappa shape index (κ2) is 6.07. The molecule has 108 valence electrons. The van der Waals surface area contributed by atoms with Gasteiger partial charge in [-0.15, -0.1) is 0 Å². The summed E-state index contributed by atoms with van der Waals surface area (Å²) in [6.07, 6.45) is 2.92. The Kier molecular flexibility index (Phi) is 4.42. The first-order valence-electron chi connectivity index (χ1n) is 7.12. The van der Waals surface area contributed by atoms with Crippen LogP contribution < -0.4 is 11.1 Å². The predicted octanol–water partition coefficient (Wildman–Crippen LogP) is 1.62. The van der Waals surface area contributed by atoms with Gasteiger partial charge in [-0.2, -0.15) is 0 Å². The minimum absolute atomic E-state index is 0.0307. The molecule has 0 unspecified atom stereocenters. The van der Waals surface area contributed by atoms with Gasteiger partial charge in [0.15, 0.2) is 0 Å². The lowest BCUT2D eigenvalue weighted by Gasteiger charge is -2.18. The molecule has 1 aliphatic rings. The molecule has 0 heterocycles. The molecule has 1 saturated carbocycles. The molecule has 2 amide bonds. The number of primary amides is 1. The van der Waals surface area contributed by atoms with Gasteiger partial charge in [0.1, 0.15) is 0 Å². The quantitative estimate of drug-likeness (QED) is 0.875. The molecule has 0 radical (unpaired) electrons. The second-order valence-corrected chi connectivity index (χ2v) is 5.72. The molecule has 4 nitrogen and oxygen atoms in total. The fourth-order valence-electron chi connectivity index (χ4n) is 2.89. The number of hydrogen-bond donors (Lipinski definition) is 2. The molecular formula is C16H22N2O2. The van der Waals surface area contributed by atoms with Gasteiger partial charge in [0, 0.05) is 6.04 Å². The summed E-state index contributed by atoms with van der Waals surface area (Å²) in [5.41, 5.74) is 8.67. The Morgan fingerprint density at radius 1 is 1.30 bits per heavy atom. The third-order valence-corrected chi connectivity index (χ3v) is 4.08. The average Bonchev–Trinajstić information content (AvgIpc) is 2.82. The van der Waals surface area contributed by atoms with E-state index in [1.165, 1.54) is 0 Å². The van der Waals surface area contributed by atoms with Crippen LogP contribution in [-0.2, 0) is 16.0 Å². The van der Waals surface area contributed by atoms with Gasteiger partial charge in [-0.25, -0.2) is 0 Å². The first-order valence-corrected chi connectivity index (χ1v) is 7.12. The second-order valence-electron chi connectivity index (χ2n) is 5.72. The van der Waals surface area contributed by atoms with Crippen LogP contribution in [0.15, 0.2) is 18.2 Å². The molecule has 1 fully saturated rings. The summed E-state index contributed by atoms with van der Waals surface area (Å²) in [6.45, 7) is 4.02. The van der Waals surface area contributed by atoms with Gasteiger partial charge in [0.05, 0.1) is 12.3 Å². The summed E-state index contributed by atoms with van der Waals surface area (Å²) in [5, 5.41) is 2.97. The fourth-order valence-corrected chi connectivity index (χ4v) is 2.89. The summed E-state index contributed by atoms with van der Waals surface area (Å²) in [6, 6.07) is 6.01. The van der Waals surface area contributed by atoms with Crippen molar-refractivity contribution in [2.45, 2.75) is 45.6 Å². The molecule has 20 heavy (non-hydrogen) atoms. The van der Waals surface area contributed by atoms with Gasteiger partial charge in [0.2, 0.25) is 11.8 Å². The van der Waals surface area contributed by atoms with E-state index in [4.69, 9.17) is 5.73 Å². The van der Waals surface area contributed by atoms with Crippen LogP contribution in [0.2, 0.25) is 0 Å². The normalized spacial score (nSPS) is 21.7. The fraction of sp³-hybridized carbons (Fsp3) is 0.500. The molecule has 0 bridgehead atoms. The van der Waals surface area contributed by atoms with Crippen LogP contribution in [0.3, 0.4) is 0 Å². The molecule has 0 aliphatic heterocycles. The highest BCUT2D eigenvalue weighted by molar-refractivity contribution is 5.82. The minimum atomic E-state index is -0.306. The zero-order chi connectivity index (χ0) is 14.7. The van der Waals surface area contributed by atoms with Gasteiger partial charge in [-0.3, -0.25) is 9.59 Å². The monoisotopic (exact) mass is 274 g/mol. The number of rotatable bonds is 4. The van der Waals surface area contributed by atoms with Crippen LogP contribution in [0.25, 0.3) is 0 Å². The van der Waals surface area contributed by atoms with Crippen LogP contribution in [-0.4, -0.2) is 17.9 Å². The van der Waals surface area contributed by atoms with Crippen molar-refractivity contribution >= 4 is 11.8 Å². The summed E-state index contributed by atoms with van der Waals surface area (Å²) in [7, 11) is 0. The first kappa shape index (κ1) is 14.6. The number of carbonyl (C=O) groups is 2. The van der Waals surface area contributed by atoms with E-state index in [1.54, 1.807) is 0 Å². The van der Waals surface area contributed by atoms with E-state index in [9.17, 15) is 9.59 Å². The van der Waals surface area contributed by atoms with E-state index < -0.39 is 0 Å². The molecule has 1 aromatic carbocycles. The molecule has 0 spiro atoms. The maximum Gasteiger partial charge on any atom is 0.224 e. The zero-order valence-electron chi connectivity index (χ0n) is 12.1. The lowest BCUT2D eigenvalue weighted by Crippen LogP contribution is -2.42. The van der Waals surface area contributed by atoms with Crippen LogP contribution in [0.1, 0.15) is 36.0 Å². The van der Waals surface area contributed by atoms with Crippen molar-refractivity contribution in [3.05, 3.63) is 34.9 Å². The lowest BCUT2D eigenvalue weighted by atomic mass is 10.0. The molecule has 0 saturated heterocycles. The molecule has 1 aliphatic carbocycles. The van der Waals surface area contributed by atoms with E-state index in [0.717, 1.165) is 36.0 Å². The van der Waals surface area contributed by atoms with Crippen molar-refractivity contribution in [3.63, 3.8) is 0 Å². The number of aryl methyl sites for hydroxylation is 2. The van der Waals surface area contributed by atoms with Crippen molar-refractivity contribution in [1.82, 2.24) is 5.32 Å². The number of hydrogen-bond acceptors (Lipinski definition) is 2. The predicted molar refractivity (Wildman–Crippen MR) is 78.1 cm³/mol. The molecule has 2 atom stereocenters. The topological polar surface area (TPSA) is 72.2 Å². The number of nitrogens with two attached hydrogens (primary N) is 1. The van der Waals surface area contributed by atoms with Gasteiger partial charge >= 0.3 is 0 Å². The van der Waals surface area contributed by atoms with Crippen LogP contribution >= 0.6 is 0 Å².